The Hall–Kier alpha value is -1.50. The molecule has 5 nitrogen and oxygen atoms in total. The number of benzene rings is 1. The second-order valence-corrected chi connectivity index (χ2v) is 7.23. The molecule has 7 heteroatoms. The second-order valence-electron chi connectivity index (χ2n) is 5.22. The number of halogens is 1. The van der Waals surface area contributed by atoms with E-state index in [1.54, 1.807) is 0 Å². The number of non-ortho nitro benzene ring substituents is 1. The van der Waals surface area contributed by atoms with Gasteiger partial charge in [0.25, 0.3) is 5.69 Å². The predicted octanol–water partition coefficient (Wildman–Crippen LogP) is 3.23. The van der Waals surface area contributed by atoms with Crippen LogP contribution in [0.1, 0.15) is 32.6 Å². The predicted molar refractivity (Wildman–Crippen MR) is 81.4 cm³/mol. The highest BCUT2D eigenvalue weighted by Gasteiger charge is 2.26. The van der Waals surface area contributed by atoms with Crippen LogP contribution in [-0.2, 0) is 10.8 Å². The van der Waals surface area contributed by atoms with Gasteiger partial charge >= 0.3 is 0 Å². The molecule has 1 aliphatic carbocycles. The van der Waals surface area contributed by atoms with Crippen molar-refractivity contribution in [3.8, 4) is 0 Å². The molecule has 3 atom stereocenters. The lowest BCUT2D eigenvalue weighted by molar-refractivity contribution is -0.385. The molecular weight excluding hydrogens is 295 g/mol. The first-order valence-electron chi connectivity index (χ1n) is 7.09. The van der Waals surface area contributed by atoms with Gasteiger partial charge in [-0.2, -0.15) is 0 Å². The second kappa shape index (κ2) is 6.98. The van der Waals surface area contributed by atoms with Crippen LogP contribution in [0.4, 0.5) is 15.8 Å². The molecule has 0 radical (unpaired) electrons. The third-order valence-electron chi connectivity index (χ3n) is 3.81. The van der Waals surface area contributed by atoms with E-state index < -0.39 is 21.5 Å². The standard InChI is InChI=1S/C14H19FN2O3S/c1-2-21(20)12-5-3-4-10(8-12)16-14-7-6-11(17(18)19)9-13(14)15/h6-7,9-10,12,16H,2-5,8H2,1H3/t10-,12+,21+/m1/s1. The van der Waals surface area contributed by atoms with Crippen molar-refractivity contribution in [2.75, 3.05) is 11.1 Å². The molecule has 1 N–H and O–H groups in total. The van der Waals surface area contributed by atoms with Crippen LogP contribution in [0.15, 0.2) is 18.2 Å². The van der Waals surface area contributed by atoms with Gasteiger partial charge in [-0.3, -0.25) is 14.3 Å². The van der Waals surface area contributed by atoms with Crippen LogP contribution in [-0.4, -0.2) is 26.2 Å². The Labute approximate surface area is 125 Å². The summed E-state index contributed by atoms with van der Waals surface area (Å²) in [4.78, 5) is 9.97. The van der Waals surface area contributed by atoms with Crippen molar-refractivity contribution in [2.45, 2.75) is 43.9 Å². The van der Waals surface area contributed by atoms with E-state index >= 15 is 0 Å². The van der Waals surface area contributed by atoms with E-state index in [2.05, 4.69) is 5.32 Å². The van der Waals surface area contributed by atoms with E-state index in [-0.39, 0.29) is 22.7 Å². The number of nitrogens with one attached hydrogen (secondary N) is 1. The fraction of sp³-hybridized carbons (Fsp3) is 0.571. The fourth-order valence-electron chi connectivity index (χ4n) is 2.71. The van der Waals surface area contributed by atoms with E-state index in [4.69, 9.17) is 0 Å². The molecule has 0 unspecified atom stereocenters. The highest BCUT2D eigenvalue weighted by molar-refractivity contribution is 7.85. The monoisotopic (exact) mass is 314 g/mol. The third kappa shape index (κ3) is 4.00. The van der Waals surface area contributed by atoms with Crippen LogP contribution in [0.3, 0.4) is 0 Å². The maximum atomic E-state index is 13.9. The maximum absolute atomic E-state index is 13.9. The average Bonchev–Trinajstić information content (AvgIpc) is 2.48. The Morgan fingerprint density at radius 1 is 1.48 bits per heavy atom. The van der Waals surface area contributed by atoms with Gasteiger partial charge in [-0.15, -0.1) is 0 Å². The molecule has 1 aliphatic rings. The Morgan fingerprint density at radius 2 is 2.24 bits per heavy atom. The molecule has 21 heavy (non-hydrogen) atoms. The van der Waals surface area contributed by atoms with E-state index in [9.17, 15) is 18.7 Å². The number of nitro benzene ring substituents is 1. The van der Waals surface area contributed by atoms with Crippen LogP contribution in [0.25, 0.3) is 0 Å². The Balaban J connectivity index is 2.04. The van der Waals surface area contributed by atoms with Crippen LogP contribution in [0.5, 0.6) is 0 Å². The summed E-state index contributed by atoms with van der Waals surface area (Å²) in [5.74, 6) is 0.0199. The Kier molecular flexibility index (Phi) is 5.27. The number of hydrogen-bond donors (Lipinski definition) is 1. The smallest absolute Gasteiger partial charge is 0.272 e. The van der Waals surface area contributed by atoms with Gasteiger partial charge in [-0.1, -0.05) is 13.3 Å². The molecule has 1 saturated carbocycles. The van der Waals surface area contributed by atoms with Crippen molar-refractivity contribution in [3.63, 3.8) is 0 Å². The molecule has 0 bridgehead atoms. The van der Waals surface area contributed by atoms with Gasteiger partial charge in [-0.05, 0) is 25.3 Å². The first-order valence-corrected chi connectivity index (χ1v) is 8.47. The number of hydrogen-bond acceptors (Lipinski definition) is 4. The summed E-state index contributed by atoms with van der Waals surface area (Å²) in [7, 11) is -0.830. The lowest BCUT2D eigenvalue weighted by Gasteiger charge is -2.29. The maximum Gasteiger partial charge on any atom is 0.272 e. The van der Waals surface area contributed by atoms with Gasteiger partial charge in [0.05, 0.1) is 16.7 Å². The molecule has 2 rings (SSSR count). The SMILES string of the molecule is CC[S@](=O)[C@H]1CCC[C@@H](Nc2ccc([N+](=O)[O-])cc2F)C1. The number of anilines is 1. The van der Waals surface area contributed by atoms with Crippen molar-refractivity contribution < 1.29 is 13.5 Å². The van der Waals surface area contributed by atoms with E-state index in [0.717, 1.165) is 31.7 Å². The minimum Gasteiger partial charge on any atom is -0.380 e. The molecule has 0 heterocycles. The highest BCUT2D eigenvalue weighted by atomic mass is 32.2. The fourth-order valence-corrected chi connectivity index (χ4v) is 4.05. The average molecular weight is 314 g/mol. The Bertz CT molecular complexity index is 553. The molecule has 1 aromatic carbocycles. The highest BCUT2D eigenvalue weighted by Crippen LogP contribution is 2.27. The zero-order valence-electron chi connectivity index (χ0n) is 11.9. The zero-order chi connectivity index (χ0) is 15.4. The molecule has 0 saturated heterocycles. The van der Waals surface area contributed by atoms with Crippen molar-refractivity contribution in [3.05, 3.63) is 34.1 Å². The van der Waals surface area contributed by atoms with E-state index in [0.29, 0.717) is 5.75 Å². The van der Waals surface area contributed by atoms with Gasteiger partial charge in [-0.25, -0.2) is 4.39 Å². The molecule has 1 fully saturated rings. The minimum absolute atomic E-state index is 0.0650. The molecule has 0 aromatic heterocycles. The van der Waals surface area contributed by atoms with Gasteiger partial charge in [0.2, 0.25) is 0 Å². The lowest BCUT2D eigenvalue weighted by atomic mass is 9.94. The first-order chi connectivity index (χ1) is 10.0. The third-order valence-corrected chi connectivity index (χ3v) is 5.55. The van der Waals surface area contributed by atoms with Gasteiger partial charge < -0.3 is 5.32 Å². The summed E-state index contributed by atoms with van der Waals surface area (Å²) in [5, 5.41) is 13.8. The van der Waals surface area contributed by atoms with Crippen LogP contribution in [0, 0.1) is 15.9 Å². The van der Waals surface area contributed by atoms with Crippen LogP contribution < -0.4 is 5.32 Å². The molecule has 0 aliphatic heterocycles. The quantitative estimate of drug-likeness (QED) is 0.669. The summed E-state index contributed by atoms with van der Waals surface area (Å²) < 4.78 is 25.7. The molecular formula is C14H19FN2O3S. The summed E-state index contributed by atoms with van der Waals surface area (Å²) in [6, 6.07) is 3.67. The lowest BCUT2D eigenvalue weighted by Crippen LogP contribution is -2.33. The zero-order valence-corrected chi connectivity index (χ0v) is 12.7. The number of rotatable bonds is 5. The normalized spacial score (nSPS) is 23.5. The molecule has 0 spiro atoms. The Morgan fingerprint density at radius 3 is 2.86 bits per heavy atom. The summed E-state index contributed by atoms with van der Waals surface area (Å²) in [5.41, 5.74) is 0.0141. The number of nitrogens with zero attached hydrogens (tertiary/aromatic N) is 1. The summed E-state index contributed by atoms with van der Waals surface area (Å²) in [6.45, 7) is 1.91. The molecule has 116 valence electrons. The van der Waals surface area contributed by atoms with Crippen LogP contribution >= 0.6 is 0 Å². The van der Waals surface area contributed by atoms with Crippen LogP contribution in [0.2, 0.25) is 0 Å². The molecule has 0 amide bonds. The summed E-state index contributed by atoms with van der Waals surface area (Å²) >= 11 is 0. The van der Waals surface area contributed by atoms with Gasteiger partial charge in [0, 0.05) is 33.9 Å². The van der Waals surface area contributed by atoms with E-state index in [1.807, 2.05) is 6.92 Å². The van der Waals surface area contributed by atoms with Crippen molar-refractivity contribution >= 4 is 22.2 Å². The van der Waals surface area contributed by atoms with Gasteiger partial charge in [0.15, 0.2) is 5.82 Å². The van der Waals surface area contributed by atoms with Crippen molar-refractivity contribution in [1.82, 2.24) is 0 Å². The summed E-state index contributed by atoms with van der Waals surface area (Å²) in [6.07, 6.45) is 3.55. The largest absolute Gasteiger partial charge is 0.380 e. The van der Waals surface area contributed by atoms with Crippen molar-refractivity contribution in [2.24, 2.45) is 0 Å². The minimum atomic E-state index is -0.830. The van der Waals surface area contributed by atoms with E-state index in [1.165, 1.54) is 12.1 Å². The van der Waals surface area contributed by atoms with Gasteiger partial charge in [0.1, 0.15) is 0 Å². The topological polar surface area (TPSA) is 72.2 Å². The number of nitro groups is 1. The first kappa shape index (κ1) is 15.9. The van der Waals surface area contributed by atoms with Crippen molar-refractivity contribution in [1.29, 1.82) is 0 Å². The molecule has 1 aromatic rings.